The summed E-state index contributed by atoms with van der Waals surface area (Å²) in [7, 11) is 1.85. The van der Waals surface area contributed by atoms with Crippen molar-refractivity contribution in [2.24, 2.45) is 7.05 Å². The Kier molecular flexibility index (Phi) is 3.16. The lowest BCUT2D eigenvalue weighted by Crippen LogP contribution is -2.07. The number of halogens is 1. The number of nitrogens with zero attached hydrogens (tertiary/aromatic N) is 6. The van der Waals surface area contributed by atoms with Crippen LogP contribution in [-0.4, -0.2) is 35.9 Å². The number of fused-ring (bicyclic) bond motifs is 1. The highest BCUT2D eigenvalue weighted by molar-refractivity contribution is 9.10. The third-order valence-corrected chi connectivity index (χ3v) is 3.04. The van der Waals surface area contributed by atoms with Crippen molar-refractivity contribution in [3.8, 4) is 0 Å². The van der Waals surface area contributed by atoms with Crippen LogP contribution in [0.25, 0.3) is 5.65 Å². The molecular weight excluding hydrogens is 310 g/mol. The van der Waals surface area contributed by atoms with Gasteiger partial charge in [-0.25, -0.2) is 9.50 Å². The minimum absolute atomic E-state index is 0.606. The molecule has 0 aliphatic carbocycles. The Morgan fingerprint density at radius 2 is 2.21 bits per heavy atom. The van der Waals surface area contributed by atoms with Crippen LogP contribution in [0, 0.1) is 0 Å². The summed E-state index contributed by atoms with van der Waals surface area (Å²) in [6.07, 6.45) is 4.30. The van der Waals surface area contributed by atoms with Crippen molar-refractivity contribution >= 4 is 27.5 Å². The van der Waals surface area contributed by atoms with E-state index in [0.29, 0.717) is 12.5 Å². The molecule has 0 saturated carbocycles. The number of anilines is 1. The van der Waals surface area contributed by atoms with Crippen molar-refractivity contribution in [1.29, 1.82) is 0 Å². The van der Waals surface area contributed by atoms with Crippen LogP contribution in [-0.2, 0) is 13.5 Å². The van der Waals surface area contributed by atoms with Crippen LogP contribution in [0.15, 0.2) is 29.1 Å². The molecule has 0 aliphatic rings. The van der Waals surface area contributed by atoms with E-state index < -0.39 is 0 Å². The number of rotatable bonds is 4. The minimum atomic E-state index is 0.606. The number of aromatic nitrogens is 6. The summed E-state index contributed by atoms with van der Waals surface area (Å²) in [4.78, 5) is 8.53. The highest BCUT2D eigenvalue weighted by atomic mass is 79.9. The molecule has 3 aromatic rings. The van der Waals surface area contributed by atoms with E-state index in [1.54, 1.807) is 15.5 Å². The van der Waals surface area contributed by atoms with Gasteiger partial charge in [-0.3, -0.25) is 4.68 Å². The first-order valence-corrected chi connectivity index (χ1v) is 6.60. The second-order valence-electron chi connectivity index (χ2n) is 4.10. The van der Waals surface area contributed by atoms with Gasteiger partial charge in [0.15, 0.2) is 11.5 Å². The van der Waals surface area contributed by atoms with Gasteiger partial charge in [0.05, 0.1) is 0 Å². The lowest BCUT2D eigenvalue weighted by atomic mass is 10.4. The SMILES string of the molecule is Cn1cnc(CCNc2nc3ccc(Br)cn3n2)n1. The molecule has 0 bridgehead atoms. The fourth-order valence-corrected chi connectivity index (χ4v) is 2.04. The number of pyridine rings is 1. The zero-order chi connectivity index (χ0) is 13.2. The first-order chi connectivity index (χ1) is 9.20. The molecule has 0 aromatic carbocycles. The Labute approximate surface area is 117 Å². The van der Waals surface area contributed by atoms with Gasteiger partial charge in [0.2, 0.25) is 5.95 Å². The standard InChI is InChI=1S/C11H12BrN7/c1-18-7-14-9(16-18)4-5-13-11-15-10-3-2-8(12)6-19(10)17-11/h2-3,6-7H,4-5H2,1H3,(H,13,17). The fourth-order valence-electron chi connectivity index (χ4n) is 1.72. The molecule has 0 atom stereocenters. The van der Waals surface area contributed by atoms with E-state index in [4.69, 9.17) is 0 Å². The molecule has 0 radical (unpaired) electrons. The topological polar surface area (TPSA) is 72.9 Å². The molecule has 0 fully saturated rings. The van der Waals surface area contributed by atoms with Crippen molar-refractivity contribution in [1.82, 2.24) is 29.4 Å². The average Bonchev–Trinajstić information content (AvgIpc) is 2.95. The minimum Gasteiger partial charge on any atom is -0.352 e. The molecule has 0 saturated heterocycles. The van der Waals surface area contributed by atoms with E-state index in [0.717, 1.165) is 22.4 Å². The Balaban J connectivity index is 1.65. The van der Waals surface area contributed by atoms with Gasteiger partial charge in [-0.05, 0) is 28.1 Å². The van der Waals surface area contributed by atoms with E-state index in [2.05, 4.69) is 41.4 Å². The van der Waals surface area contributed by atoms with Gasteiger partial charge >= 0.3 is 0 Å². The van der Waals surface area contributed by atoms with E-state index in [1.165, 1.54) is 0 Å². The molecule has 0 spiro atoms. The highest BCUT2D eigenvalue weighted by Gasteiger charge is 2.04. The maximum absolute atomic E-state index is 4.36. The van der Waals surface area contributed by atoms with Crippen LogP contribution >= 0.6 is 15.9 Å². The third kappa shape index (κ3) is 2.73. The zero-order valence-corrected chi connectivity index (χ0v) is 11.9. The first-order valence-electron chi connectivity index (χ1n) is 5.81. The van der Waals surface area contributed by atoms with E-state index in [1.807, 2.05) is 25.4 Å². The molecule has 8 heteroatoms. The molecule has 7 nitrogen and oxygen atoms in total. The predicted molar refractivity (Wildman–Crippen MR) is 73.9 cm³/mol. The molecule has 98 valence electrons. The third-order valence-electron chi connectivity index (χ3n) is 2.57. The number of hydrogen-bond donors (Lipinski definition) is 1. The summed E-state index contributed by atoms with van der Waals surface area (Å²) in [5, 5.41) is 11.7. The molecule has 19 heavy (non-hydrogen) atoms. The van der Waals surface area contributed by atoms with E-state index in [-0.39, 0.29) is 0 Å². The Morgan fingerprint density at radius 1 is 1.32 bits per heavy atom. The highest BCUT2D eigenvalue weighted by Crippen LogP contribution is 2.12. The van der Waals surface area contributed by atoms with Crippen molar-refractivity contribution in [2.75, 3.05) is 11.9 Å². The number of aryl methyl sites for hydroxylation is 1. The van der Waals surface area contributed by atoms with Crippen molar-refractivity contribution in [3.63, 3.8) is 0 Å². The van der Waals surface area contributed by atoms with Gasteiger partial charge in [-0.1, -0.05) is 0 Å². The molecule has 0 unspecified atom stereocenters. The molecular formula is C11H12BrN7. The van der Waals surface area contributed by atoms with Gasteiger partial charge in [0.1, 0.15) is 6.33 Å². The van der Waals surface area contributed by atoms with Crippen LogP contribution in [0.3, 0.4) is 0 Å². The number of nitrogens with one attached hydrogen (secondary N) is 1. The Bertz CT molecular complexity index is 702. The molecule has 0 aliphatic heterocycles. The molecule has 3 rings (SSSR count). The van der Waals surface area contributed by atoms with Gasteiger partial charge in [0.25, 0.3) is 0 Å². The van der Waals surface area contributed by atoms with Crippen LogP contribution in [0.1, 0.15) is 5.82 Å². The maximum atomic E-state index is 4.36. The molecule has 3 aromatic heterocycles. The Hall–Kier alpha value is -1.96. The molecule has 0 amide bonds. The summed E-state index contributed by atoms with van der Waals surface area (Å²) >= 11 is 3.40. The second-order valence-corrected chi connectivity index (χ2v) is 5.01. The van der Waals surface area contributed by atoms with Crippen molar-refractivity contribution in [2.45, 2.75) is 6.42 Å². The van der Waals surface area contributed by atoms with Gasteiger partial charge in [-0.15, -0.1) is 5.10 Å². The van der Waals surface area contributed by atoms with Crippen LogP contribution in [0.5, 0.6) is 0 Å². The lowest BCUT2D eigenvalue weighted by molar-refractivity contribution is 0.741. The smallest absolute Gasteiger partial charge is 0.243 e. The van der Waals surface area contributed by atoms with Gasteiger partial charge in [-0.2, -0.15) is 10.1 Å². The monoisotopic (exact) mass is 321 g/mol. The van der Waals surface area contributed by atoms with Gasteiger partial charge in [0, 0.05) is 30.7 Å². The summed E-state index contributed by atoms with van der Waals surface area (Å²) < 4.78 is 4.38. The van der Waals surface area contributed by atoms with E-state index in [9.17, 15) is 0 Å². The van der Waals surface area contributed by atoms with Crippen LogP contribution in [0.2, 0.25) is 0 Å². The summed E-state index contributed by atoms with van der Waals surface area (Å²) in [6, 6.07) is 3.84. The van der Waals surface area contributed by atoms with Crippen LogP contribution in [0.4, 0.5) is 5.95 Å². The largest absolute Gasteiger partial charge is 0.352 e. The molecule has 1 N–H and O–H groups in total. The van der Waals surface area contributed by atoms with Crippen LogP contribution < -0.4 is 5.32 Å². The average molecular weight is 322 g/mol. The number of hydrogen-bond acceptors (Lipinski definition) is 5. The van der Waals surface area contributed by atoms with Crippen molar-refractivity contribution in [3.05, 3.63) is 35.0 Å². The summed E-state index contributed by atoms with van der Waals surface area (Å²) in [5.41, 5.74) is 0.807. The first kappa shape index (κ1) is 12.1. The van der Waals surface area contributed by atoms with E-state index >= 15 is 0 Å². The Morgan fingerprint density at radius 3 is 3.00 bits per heavy atom. The van der Waals surface area contributed by atoms with Crippen molar-refractivity contribution < 1.29 is 0 Å². The zero-order valence-electron chi connectivity index (χ0n) is 10.3. The fraction of sp³-hybridized carbons (Fsp3) is 0.273. The summed E-state index contributed by atoms with van der Waals surface area (Å²) in [5.74, 6) is 1.41. The summed E-state index contributed by atoms with van der Waals surface area (Å²) in [6.45, 7) is 0.696. The quantitative estimate of drug-likeness (QED) is 0.783. The second kappa shape index (κ2) is 4.96. The molecule has 3 heterocycles. The van der Waals surface area contributed by atoms with Gasteiger partial charge < -0.3 is 5.32 Å². The predicted octanol–water partition coefficient (Wildman–Crippen LogP) is 1.27. The maximum Gasteiger partial charge on any atom is 0.243 e. The normalized spacial score (nSPS) is 11.1. The lowest BCUT2D eigenvalue weighted by Gasteiger charge is -1.97.